The predicted octanol–water partition coefficient (Wildman–Crippen LogP) is 4.87. The fourth-order valence-electron chi connectivity index (χ4n) is 1.77. The molecule has 4 nitrogen and oxygen atoms in total. The van der Waals surface area contributed by atoms with Gasteiger partial charge in [0.25, 0.3) is 5.91 Å². The van der Waals surface area contributed by atoms with Gasteiger partial charge in [-0.3, -0.25) is 4.79 Å². The second kappa shape index (κ2) is 7.82. The summed E-state index contributed by atoms with van der Waals surface area (Å²) in [5.41, 5.74) is 2.17. The van der Waals surface area contributed by atoms with Gasteiger partial charge in [-0.25, -0.2) is 0 Å². The van der Waals surface area contributed by atoms with Crippen LogP contribution in [0.25, 0.3) is 0 Å². The molecule has 0 aromatic heterocycles. The summed E-state index contributed by atoms with van der Waals surface area (Å²) in [4.78, 5) is 12.2. The zero-order chi connectivity index (χ0) is 16.8. The monoisotopic (exact) mass is 389 g/mol. The molecule has 0 saturated heterocycles. The number of nitriles is 1. The van der Waals surface area contributed by atoms with Gasteiger partial charge < -0.3 is 10.6 Å². The lowest BCUT2D eigenvalue weighted by molar-refractivity contribution is -0.112. The molecule has 2 aromatic rings. The second-order valence-corrected chi connectivity index (χ2v) is 6.09. The van der Waals surface area contributed by atoms with Crippen LogP contribution in [0.15, 0.2) is 58.7 Å². The molecule has 0 heterocycles. The predicted molar refractivity (Wildman–Crippen MR) is 96.3 cm³/mol. The van der Waals surface area contributed by atoms with Crippen LogP contribution in [-0.2, 0) is 4.79 Å². The summed E-state index contributed by atoms with van der Waals surface area (Å²) in [5, 5.41) is 15.3. The first-order valence-electron chi connectivity index (χ1n) is 6.69. The van der Waals surface area contributed by atoms with Gasteiger partial charge in [-0.05, 0) is 48.9 Å². The van der Waals surface area contributed by atoms with E-state index in [1.807, 2.05) is 37.3 Å². The maximum atomic E-state index is 12.2. The average molecular weight is 391 g/mol. The number of amides is 1. The number of benzene rings is 2. The number of carbonyl (C=O) groups excluding carboxylic acids is 1. The van der Waals surface area contributed by atoms with E-state index in [1.54, 1.807) is 18.2 Å². The zero-order valence-electron chi connectivity index (χ0n) is 12.2. The lowest BCUT2D eigenvalue weighted by atomic mass is 10.2. The van der Waals surface area contributed by atoms with Crippen LogP contribution >= 0.6 is 27.5 Å². The van der Waals surface area contributed by atoms with E-state index in [9.17, 15) is 4.79 Å². The minimum atomic E-state index is -0.498. The molecule has 0 unspecified atom stereocenters. The largest absolute Gasteiger partial charge is 0.360 e. The van der Waals surface area contributed by atoms with Gasteiger partial charge in [0.05, 0.1) is 0 Å². The van der Waals surface area contributed by atoms with Crippen molar-refractivity contribution in [3.63, 3.8) is 0 Å². The first-order chi connectivity index (χ1) is 11.0. The van der Waals surface area contributed by atoms with Crippen molar-refractivity contribution in [2.24, 2.45) is 0 Å². The Hall–Kier alpha value is -2.29. The highest BCUT2D eigenvalue weighted by molar-refractivity contribution is 9.10. The quantitative estimate of drug-likeness (QED) is 0.578. The van der Waals surface area contributed by atoms with Crippen LogP contribution < -0.4 is 10.6 Å². The number of hydrogen-bond donors (Lipinski definition) is 2. The number of halogens is 2. The van der Waals surface area contributed by atoms with Gasteiger partial charge in [0.15, 0.2) is 0 Å². The Morgan fingerprint density at radius 2 is 1.96 bits per heavy atom. The van der Waals surface area contributed by atoms with Gasteiger partial charge in [-0.2, -0.15) is 5.26 Å². The number of anilines is 2. The first-order valence-corrected chi connectivity index (χ1v) is 7.86. The Kier molecular flexibility index (Phi) is 5.80. The van der Waals surface area contributed by atoms with Crippen molar-refractivity contribution in [1.82, 2.24) is 0 Å². The Morgan fingerprint density at radius 1 is 1.26 bits per heavy atom. The maximum absolute atomic E-state index is 12.2. The van der Waals surface area contributed by atoms with Crippen LogP contribution in [0.4, 0.5) is 11.4 Å². The lowest BCUT2D eigenvalue weighted by Crippen LogP contribution is -2.15. The van der Waals surface area contributed by atoms with Crippen LogP contribution in [-0.4, -0.2) is 5.91 Å². The van der Waals surface area contributed by atoms with E-state index in [1.165, 1.54) is 6.20 Å². The van der Waals surface area contributed by atoms with Crippen molar-refractivity contribution in [2.45, 2.75) is 6.92 Å². The Balaban J connectivity index is 2.12. The van der Waals surface area contributed by atoms with E-state index in [4.69, 9.17) is 16.9 Å². The Morgan fingerprint density at radius 3 is 2.61 bits per heavy atom. The molecule has 0 aliphatic carbocycles. The van der Waals surface area contributed by atoms with Gasteiger partial charge >= 0.3 is 0 Å². The standard InChI is InChI=1S/C17H13BrClN3O/c1-11-2-5-14(19)8-16(11)22-17(23)12(9-20)10-21-15-6-3-13(18)4-7-15/h2-8,10,21H,1H3,(H,22,23)/b12-10-. The molecule has 2 aromatic carbocycles. The molecule has 0 aliphatic heterocycles. The van der Waals surface area contributed by atoms with Gasteiger partial charge in [0, 0.05) is 27.1 Å². The van der Waals surface area contributed by atoms with Gasteiger partial charge in [-0.15, -0.1) is 0 Å². The summed E-state index contributed by atoms with van der Waals surface area (Å²) in [6.45, 7) is 1.85. The number of rotatable bonds is 4. The summed E-state index contributed by atoms with van der Waals surface area (Å²) in [7, 11) is 0. The summed E-state index contributed by atoms with van der Waals surface area (Å²) >= 11 is 9.26. The van der Waals surface area contributed by atoms with E-state index in [-0.39, 0.29) is 5.57 Å². The lowest BCUT2D eigenvalue weighted by Gasteiger charge is -2.08. The molecule has 23 heavy (non-hydrogen) atoms. The molecule has 1 amide bonds. The molecule has 0 saturated carbocycles. The third-order valence-corrected chi connectivity index (χ3v) is 3.80. The second-order valence-electron chi connectivity index (χ2n) is 4.73. The number of carbonyl (C=O) groups is 1. The summed E-state index contributed by atoms with van der Waals surface area (Å²) < 4.78 is 0.946. The van der Waals surface area contributed by atoms with Crippen molar-refractivity contribution in [3.8, 4) is 6.07 Å². The third-order valence-electron chi connectivity index (χ3n) is 3.04. The topological polar surface area (TPSA) is 64.9 Å². The summed E-state index contributed by atoms with van der Waals surface area (Å²) in [6.07, 6.45) is 1.37. The molecule has 0 aliphatic rings. The molecule has 0 atom stereocenters. The summed E-state index contributed by atoms with van der Waals surface area (Å²) in [6, 6.07) is 14.4. The van der Waals surface area contributed by atoms with Crippen LogP contribution in [0.2, 0.25) is 5.02 Å². The van der Waals surface area contributed by atoms with Crippen LogP contribution in [0.3, 0.4) is 0 Å². The fraction of sp³-hybridized carbons (Fsp3) is 0.0588. The van der Waals surface area contributed by atoms with Crippen LogP contribution in [0, 0.1) is 18.3 Å². The number of aryl methyl sites for hydroxylation is 1. The van der Waals surface area contributed by atoms with Crippen molar-refractivity contribution in [1.29, 1.82) is 5.26 Å². The SMILES string of the molecule is Cc1ccc(Cl)cc1NC(=O)/C(C#N)=C\Nc1ccc(Br)cc1. The summed E-state index contributed by atoms with van der Waals surface area (Å²) in [5.74, 6) is -0.498. The molecule has 0 bridgehead atoms. The van der Waals surface area contributed by atoms with Crippen molar-refractivity contribution >= 4 is 44.8 Å². The normalized spacial score (nSPS) is 10.8. The molecular weight excluding hydrogens is 378 g/mol. The smallest absolute Gasteiger partial charge is 0.267 e. The molecule has 2 rings (SSSR count). The molecule has 0 fully saturated rings. The Bertz CT molecular complexity index is 794. The van der Waals surface area contributed by atoms with Crippen LogP contribution in [0.1, 0.15) is 5.56 Å². The average Bonchev–Trinajstić information content (AvgIpc) is 2.53. The highest BCUT2D eigenvalue weighted by Crippen LogP contribution is 2.21. The highest BCUT2D eigenvalue weighted by atomic mass is 79.9. The molecule has 0 radical (unpaired) electrons. The zero-order valence-corrected chi connectivity index (χ0v) is 14.6. The Labute approximate surface area is 147 Å². The molecule has 0 spiro atoms. The minimum Gasteiger partial charge on any atom is -0.360 e. The molecule has 2 N–H and O–H groups in total. The maximum Gasteiger partial charge on any atom is 0.267 e. The molecule has 6 heteroatoms. The fourth-order valence-corrected chi connectivity index (χ4v) is 2.21. The van der Waals surface area contributed by atoms with Crippen molar-refractivity contribution in [2.75, 3.05) is 10.6 Å². The minimum absolute atomic E-state index is 0.0349. The molecule has 116 valence electrons. The van der Waals surface area contributed by atoms with Crippen LogP contribution in [0.5, 0.6) is 0 Å². The highest BCUT2D eigenvalue weighted by Gasteiger charge is 2.11. The number of nitrogens with zero attached hydrogens (tertiary/aromatic N) is 1. The van der Waals surface area contributed by atoms with E-state index in [0.29, 0.717) is 10.7 Å². The number of hydrogen-bond acceptors (Lipinski definition) is 3. The van der Waals surface area contributed by atoms with E-state index in [0.717, 1.165) is 15.7 Å². The van der Waals surface area contributed by atoms with Gasteiger partial charge in [-0.1, -0.05) is 33.6 Å². The van der Waals surface area contributed by atoms with E-state index in [2.05, 4.69) is 26.6 Å². The van der Waals surface area contributed by atoms with Gasteiger partial charge in [0.2, 0.25) is 0 Å². The van der Waals surface area contributed by atoms with Crippen molar-refractivity contribution in [3.05, 3.63) is 69.3 Å². The third kappa shape index (κ3) is 4.85. The first kappa shape index (κ1) is 17.1. The molecular formula is C17H13BrClN3O. The van der Waals surface area contributed by atoms with Gasteiger partial charge in [0.1, 0.15) is 11.6 Å². The van der Waals surface area contributed by atoms with E-state index < -0.39 is 5.91 Å². The van der Waals surface area contributed by atoms with E-state index >= 15 is 0 Å². The number of nitrogens with one attached hydrogen (secondary N) is 2. The van der Waals surface area contributed by atoms with Crippen molar-refractivity contribution < 1.29 is 4.79 Å².